The van der Waals surface area contributed by atoms with Gasteiger partial charge in [-0.1, -0.05) is 0 Å². The van der Waals surface area contributed by atoms with Crippen molar-refractivity contribution in [1.29, 1.82) is 0 Å². The van der Waals surface area contributed by atoms with Crippen molar-refractivity contribution in [3.05, 3.63) is 0 Å². The maximum atomic E-state index is 8.52. The van der Waals surface area contributed by atoms with Crippen molar-refractivity contribution in [1.82, 2.24) is 0 Å². The quantitative estimate of drug-likeness (QED) is 0.301. The van der Waals surface area contributed by atoms with Crippen LogP contribution in [0.4, 0.5) is 0 Å². The molecule has 0 saturated carbocycles. The van der Waals surface area contributed by atoms with E-state index in [1.54, 1.807) is 0 Å². The van der Waals surface area contributed by atoms with Crippen molar-refractivity contribution in [3.63, 3.8) is 0 Å². The summed E-state index contributed by atoms with van der Waals surface area (Å²) in [5, 5.41) is 0. The first-order valence-electron chi connectivity index (χ1n) is 0.667. The van der Waals surface area contributed by atoms with Crippen LogP contribution in [-0.2, 0) is 10.4 Å². The van der Waals surface area contributed by atoms with Gasteiger partial charge >= 0.3 is 48.9 Å². The Morgan fingerprint density at radius 3 is 1.14 bits per heavy atom. The van der Waals surface area contributed by atoms with Crippen LogP contribution in [0.5, 0.6) is 0 Å². The second kappa shape index (κ2) is 5.92. The van der Waals surface area contributed by atoms with Crippen molar-refractivity contribution in [2.24, 2.45) is 0 Å². The normalized spacial score (nSPS) is 8.29. The first kappa shape index (κ1) is 15.9. The predicted octanol–water partition coefficient (Wildman–Crippen LogP) is -1.61. The van der Waals surface area contributed by atoms with Gasteiger partial charge in [-0.2, -0.15) is 13.5 Å². The third-order valence-corrected chi connectivity index (χ3v) is 0. The Kier molecular flexibility index (Phi) is 13.5. The Bertz CT molecular complexity index is 92.9. The van der Waals surface area contributed by atoms with E-state index in [2.05, 4.69) is 0 Å². The molecule has 0 fully saturated rings. The van der Waals surface area contributed by atoms with Crippen LogP contribution in [0.1, 0.15) is 0 Å². The zero-order valence-electron chi connectivity index (χ0n) is 3.25. The van der Waals surface area contributed by atoms with Crippen molar-refractivity contribution in [3.8, 4) is 0 Å². The molecule has 7 heavy (non-hydrogen) atoms. The third kappa shape index (κ3) is 81.4. The van der Waals surface area contributed by atoms with E-state index in [0.717, 1.165) is 0 Å². The predicted molar refractivity (Wildman–Crippen MR) is 26.6 cm³/mol. The van der Waals surface area contributed by atoms with Crippen LogP contribution < -0.4 is 0 Å². The molecule has 0 aliphatic rings. The van der Waals surface area contributed by atoms with E-state index in [0.29, 0.717) is 0 Å². The van der Waals surface area contributed by atoms with Gasteiger partial charge in [-0.05, 0) is 0 Å². The van der Waals surface area contributed by atoms with E-state index in [9.17, 15) is 0 Å². The third-order valence-electron chi connectivity index (χ3n) is 0. The number of rotatable bonds is 0. The molecule has 0 unspecified atom stereocenters. The summed E-state index contributed by atoms with van der Waals surface area (Å²) in [5.74, 6) is 0. The molecule has 0 aromatic rings. The summed E-state index contributed by atoms with van der Waals surface area (Å²) >= 11 is 0. The Labute approximate surface area is 88.8 Å². The van der Waals surface area contributed by atoms with Crippen molar-refractivity contribution in [2.75, 3.05) is 0 Å². The summed E-state index contributed by atoms with van der Waals surface area (Å²) in [7, 11) is -5.17. The molecule has 0 bridgehead atoms. The maximum Gasteiger partial charge on any atom is 2.00 e. The molecular weight excluding hydrogens is 265 g/mol. The molecule has 0 radical (unpaired) electrons. The Morgan fingerprint density at radius 2 is 1.14 bits per heavy atom. The minimum absolute atomic E-state index is 0. The van der Waals surface area contributed by atoms with Gasteiger partial charge in [0.05, 0.1) is 0 Å². The average molecular weight is 267 g/mol. The first-order chi connectivity index (χ1) is 2.00. The monoisotopic (exact) mass is 268 g/mol. The summed E-state index contributed by atoms with van der Waals surface area (Å²) in [6, 6.07) is 0. The van der Waals surface area contributed by atoms with E-state index in [1.165, 1.54) is 0 Å². The van der Waals surface area contributed by atoms with Gasteiger partial charge in [-0.15, -0.1) is 0 Å². The average Bonchev–Trinajstić information content (AvgIpc) is 0.722. The Hall–Kier alpha value is 1.79. The summed E-state index contributed by atoms with van der Waals surface area (Å²) in [6.07, 6.45) is 0. The molecule has 0 atom stereocenters. The molecule has 0 aromatic heterocycles. The Balaban J connectivity index is -0.0000000800. The van der Waals surface area contributed by atoms with E-state index in [4.69, 9.17) is 17.5 Å². The van der Waals surface area contributed by atoms with Gasteiger partial charge in [-0.3, -0.25) is 8.42 Å². The molecule has 0 rings (SSSR count). The summed E-state index contributed by atoms with van der Waals surface area (Å²) in [4.78, 5) is 0. The van der Waals surface area contributed by atoms with Crippen LogP contribution in [0.15, 0.2) is 0 Å². The van der Waals surface area contributed by atoms with E-state index >= 15 is 0 Å². The van der Waals surface area contributed by atoms with E-state index < -0.39 is 10.4 Å². The fourth-order valence-corrected chi connectivity index (χ4v) is 0. The molecular formula is H2BaO4S2. The molecule has 0 spiro atoms. The SMILES string of the molecule is O=S(=O)([O-])[O-].S.[Ba+2]. The van der Waals surface area contributed by atoms with Crippen LogP contribution in [0.3, 0.4) is 0 Å². The minimum atomic E-state index is -5.17. The molecule has 0 amide bonds. The van der Waals surface area contributed by atoms with Gasteiger partial charge in [0.2, 0.25) is 0 Å². The molecule has 0 aliphatic carbocycles. The zero-order valence-corrected chi connectivity index (χ0v) is 9.51. The van der Waals surface area contributed by atoms with Crippen LogP contribution in [0, 0.1) is 0 Å². The van der Waals surface area contributed by atoms with Crippen LogP contribution >= 0.6 is 13.5 Å². The molecule has 0 saturated heterocycles. The largest absolute Gasteiger partial charge is 2.00 e. The zero-order chi connectivity index (χ0) is 4.50. The van der Waals surface area contributed by atoms with Crippen molar-refractivity contribution < 1.29 is 17.5 Å². The topological polar surface area (TPSA) is 80.3 Å². The van der Waals surface area contributed by atoms with Crippen LogP contribution in [0.2, 0.25) is 0 Å². The second-order valence-corrected chi connectivity index (χ2v) is 1.22. The first-order valence-corrected chi connectivity index (χ1v) is 2.00. The van der Waals surface area contributed by atoms with Crippen molar-refractivity contribution >= 4 is 72.8 Å². The second-order valence-electron chi connectivity index (χ2n) is 0.408. The molecule has 0 N–H and O–H groups in total. The van der Waals surface area contributed by atoms with Crippen LogP contribution in [0.25, 0.3) is 0 Å². The van der Waals surface area contributed by atoms with Gasteiger partial charge in [0.15, 0.2) is 0 Å². The molecule has 0 aliphatic heterocycles. The fourth-order valence-electron chi connectivity index (χ4n) is 0. The molecule has 0 heterocycles. The van der Waals surface area contributed by atoms with Gasteiger partial charge in [0.1, 0.15) is 0 Å². The van der Waals surface area contributed by atoms with Gasteiger partial charge in [0.25, 0.3) is 0 Å². The molecule has 0 aromatic carbocycles. The van der Waals surface area contributed by atoms with E-state index in [1.807, 2.05) is 0 Å². The Morgan fingerprint density at radius 1 is 1.14 bits per heavy atom. The van der Waals surface area contributed by atoms with Crippen molar-refractivity contribution in [2.45, 2.75) is 0 Å². The molecule has 4 nitrogen and oxygen atoms in total. The van der Waals surface area contributed by atoms with Gasteiger partial charge in [-0.25, -0.2) is 0 Å². The minimum Gasteiger partial charge on any atom is -0.759 e. The molecule has 40 valence electrons. The smallest absolute Gasteiger partial charge is 0.759 e. The number of hydrogen-bond acceptors (Lipinski definition) is 4. The van der Waals surface area contributed by atoms with Gasteiger partial charge < -0.3 is 9.11 Å². The maximum absolute atomic E-state index is 8.52. The van der Waals surface area contributed by atoms with Gasteiger partial charge in [0, 0.05) is 10.4 Å². The summed E-state index contributed by atoms with van der Waals surface area (Å²) in [6.45, 7) is 0. The fraction of sp³-hybridized carbons (Fsp3) is 0. The summed E-state index contributed by atoms with van der Waals surface area (Å²) in [5.41, 5.74) is 0. The molecule has 7 heteroatoms. The standard InChI is InChI=1S/Ba.H2O4S.H2S/c;1-5(2,3)4;/h;(H2,1,2,3,4);1H2/q+2;;/p-2. The van der Waals surface area contributed by atoms with Crippen LogP contribution in [-0.4, -0.2) is 66.4 Å². The van der Waals surface area contributed by atoms with E-state index in [-0.39, 0.29) is 62.4 Å². The summed E-state index contributed by atoms with van der Waals surface area (Å²) < 4.78 is 34.1. The number of hydrogen-bond donors (Lipinski definition) is 0.